The number of nitrogens with zero attached hydrogens (tertiary/aromatic N) is 2. The molecule has 2 aromatic rings. The summed E-state index contributed by atoms with van der Waals surface area (Å²) in [5, 5.41) is 7.59. The average Bonchev–Trinajstić information content (AvgIpc) is 3.13. The van der Waals surface area contributed by atoms with Gasteiger partial charge in [0.2, 0.25) is 11.7 Å². The molecule has 0 radical (unpaired) electrons. The van der Waals surface area contributed by atoms with Crippen LogP contribution in [0, 0.1) is 6.92 Å². The highest BCUT2D eigenvalue weighted by molar-refractivity contribution is 5.65. The summed E-state index contributed by atoms with van der Waals surface area (Å²) < 4.78 is 5.12. The van der Waals surface area contributed by atoms with Gasteiger partial charge in [-0.05, 0) is 36.9 Å². The molecule has 1 unspecified atom stereocenters. The van der Waals surface area contributed by atoms with E-state index in [1.165, 1.54) is 24.0 Å². The number of benzene rings is 1. The molecule has 4 nitrogen and oxygen atoms in total. The summed E-state index contributed by atoms with van der Waals surface area (Å²) in [5.41, 5.74) is 4.42. The van der Waals surface area contributed by atoms with Gasteiger partial charge in [-0.3, -0.25) is 0 Å². The lowest BCUT2D eigenvalue weighted by atomic mass is 9.81. The Morgan fingerprint density at radius 3 is 3.00 bits per heavy atom. The first-order valence-electron chi connectivity index (χ1n) is 6.92. The molecule has 1 aliphatic heterocycles. The fourth-order valence-corrected chi connectivity index (χ4v) is 3.66. The van der Waals surface area contributed by atoms with Gasteiger partial charge in [-0.25, -0.2) is 0 Å². The molecule has 19 heavy (non-hydrogen) atoms. The van der Waals surface area contributed by atoms with Crippen molar-refractivity contribution in [3.63, 3.8) is 0 Å². The zero-order valence-electron chi connectivity index (χ0n) is 11.1. The Morgan fingerprint density at radius 1 is 1.32 bits per heavy atom. The van der Waals surface area contributed by atoms with Crippen LogP contribution in [0.15, 0.2) is 22.7 Å². The first kappa shape index (κ1) is 11.2. The Morgan fingerprint density at radius 2 is 2.26 bits per heavy atom. The lowest BCUT2D eigenvalue weighted by Crippen LogP contribution is -2.25. The summed E-state index contributed by atoms with van der Waals surface area (Å²) in [6.45, 7) is 4.07. The quantitative estimate of drug-likeness (QED) is 0.849. The van der Waals surface area contributed by atoms with E-state index in [-0.39, 0.29) is 0 Å². The van der Waals surface area contributed by atoms with Crippen LogP contribution in [-0.2, 0) is 11.8 Å². The predicted octanol–water partition coefficient (Wildman–Crippen LogP) is 2.22. The Bertz CT molecular complexity index is 626. The standard InChI is InChI=1S/C15H17N3O/c1-10-17-14(18-19-10)12-3-2-4-13-11(12)5-6-15(13)7-8-16-9-15/h2-4,16H,5-9H2,1H3. The number of nitrogens with one attached hydrogen (secondary N) is 1. The summed E-state index contributed by atoms with van der Waals surface area (Å²) >= 11 is 0. The van der Waals surface area contributed by atoms with Gasteiger partial charge in [-0.2, -0.15) is 4.98 Å². The third-order valence-electron chi connectivity index (χ3n) is 4.61. The van der Waals surface area contributed by atoms with Gasteiger partial charge in [0.25, 0.3) is 0 Å². The number of hydrogen-bond acceptors (Lipinski definition) is 4. The Labute approximate surface area is 112 Å². The van der Waals surface area contributed by atoms with E-state index in [1.807, 2.05) is 6.92 Å². The summed E-state index contributed by atoms with van der Waals surface area (Å²) in [7, 11) is 0. The maximum atomic E-state index is 5.12. The highest BCUT2D eigenvalue weighted by Crippen LogP contribution is 2.45. The van der Waals surface area contributed by atoms with Crippen molar-refractivity contribution in [3.05, 3.63) is 35.2 Å². The minimum absolute atomic E-state index is 0.351. The van der Waals surface area contributed by atoms with Crippen LogP contribution in [0.5, 0.6) is 0 Å². The van der Waals surface area contributed by atoms with Crippen molar-refractivity contribution in [1.82, 2.24) is 15.5 Å². The van der Waals surface area contributed by atoms with Crippen LogP contribution in [0.3, 0.4) is 0 Å². The van der Waals surface area contributed by atoms with Gasteiger partial charge in [0.05, 0.1) is 0 Å². The Balaban J connectivity index is 1.86. The van der Waals surface area contributed by atoms with E-state index < -0.39 is 0 Å². The second-order valence-corrected chi connectivity index (χ2v) is 5.68. The Kier molecular flexibility index (Phi) is 2.30. The second-order valence-electron chi connectivity index (χ2n) is 5.68. The van der Waals surface area contributed by atoms with Crippen molar-refractivity contribution in [2.45, 2.75) is 31.6 Å². The maximum Gasteiger partial charge on any atom is 0.223 e. The molecule has 0 amide bonds. The highest BCUT2D eigenvalue weighted by Gasteiger charge is 2.41. The van der Waals surface area contributed by atoms with Crippen LogP contribution >= 0.6 is 0 Å². The number of hydrogen-bond donors (Lipinski definition) is 1. The molecule has 1 saturated heterocycles. The fourth-order valence-electron chi connectivity index (χ4n) is 3.66. The molecule has 1 atom stereocenters. The van der Waals surface area contributed by atoms with Gasteiger partial charge in [0, 0.05) is 24.4 Å². The fraction of sp³-hybridized carbons (Fsp3) is 0.467. The molecular weight excluding hydrogens is 238 g/mol. The van der Waals surface area contributed by atoms with Crippen molar-refractivity contribution in [3.8, 4) is 11.4 Å². The third kappa shape index (κ3) is 1.56. The molecule has 4 rings (SSSR count). The van der Waals surface area contributed by atoms with Gasteiger partial charge in [0.15, 0.2) is 0 Å². The van der Waals surface area contributed by atoms with E-state index >= 15 is 0 Å². The molecule has 2 aliphatic rings. The second kappa shape index (κ2) is 3.90. The molecule has 0 bridgehead atoms. The minimum atomic E-state index is 0.351. The zero-order chi connectivity index (χ0) is 12.9. The van der Waals surface area contributed by atoms with Crippen LogP contribution in [0.4, 0.5) is 0 Å². The normalized spacial score (nSPS) is 25.1. The van der Waals surface area contributed by atoms with E-state index in [9.17, 15) is 0 Å². The first-order chi connectivity index (χ1) is 9.28. The van der Waals surface area contributed by atoms with Gasteiger partial charge in [-0.15, -0.1) is 0 Å². The number of rotatable bonds is 1. The first-order valence-corrected chi connectivity index (χ1v) is 6.92. The molecule has 1 spiro atoms. The molecule has 4 heteroatoms. The van der Waals surface area contributed by atoms with Crippen molar-refractivity contribution in [2.24, 2.45) is 0 Å². The Hall–Kier alpha value is -1.68. The minimum Gasteiger partial charge on any atom is -0.339 e. The number of fused-ring (bicyclic) bond motifs is 2. The van der Waals surface area contributed by atoms with E-state index in [2.05, 4.69) is 33.7 Å². The largest absolute Gasteiger partial charge is 0.339 e. The molecule has 1 fully saturated rings. The number of aryl methyl sites for hydroxylation is 1. The summed E-state index contributed by atoms with van der Waals surface area (Å²) in [6, 6.07) is 6.53. The van der Waals surface area contributed by atoms with Crippen molar-refractivity contribution in [1.29, 1.82) is 0 Å². The zero-order valence-corrected chi connectivity index (χ0v) is 11.1. The third-order valence-corrected chi connectivity index (χ3v) is 4.61. The van der Waals surface area contributed by atoms with Crippen LogP contribution in [0.1, 0.15) is 29.9 Å². The van der Waals surface area contributed by atoms with Gasteiger partial charge < -0.3 is 9.84 Å². The molecule has 0 saturated carbocycles. The van der Waals surface area contributed by atoms with Gasteiger partial charge in [0.1, 0.15) is 0 Å². The van der Waals surface area contributed by atoms with Crippen molar-refractivity contribution in [2.75, 3.05) is 13.1 Å². The van der Waals surface area contributed by atoms with Gasteiger partial charge in [-0.1, -0.05) is 23.4 Å². The van der Waals surface area contributed by atoms with Crippen LogP contribution in [0.25, 0.3) is 11.4 Å². The smallest absolute Gasteiger partial charge is 0.223 e. The predicted molar refractivity (Wildman–Crippen MR) is 72.0 cm³/mol. The molecule has 2 heterocycles. The topological polar surface area (TPSA) is 51.0 Å². The average molecular weight is 255 g/mol. The molecule has 1 N–H and O–H groups in total. The lowest BCUT2D eigenvalue weighted by molar-refractivity contribution is 0.394. The van der Waals surface area contributed by atoms with Crippen LogP contribution < -0.4 is 5.32 Å². The van der Waals surface area contributed by atoms with E-state index in [0.717, 1.165) is 30.9 Å². The molecule has 98 valence electrons. The van der Waals surface area contributed by atoms with Gasteiger partial charge >= 0.3 is 0 Å². The summed E-state index contributed by atoms with van der Waals surface area (Å²) in [6.07, 6.45) is 3.61. The summed E-state index contributed by atoms with van der Waals surface area (Å²) in [5.74, 6) is 1.36. The molecular formula is C15H17N3O. The van der Waals surface area contributed by atoms with E-state index in [1.54, 1.807) is 0 Å². The molecule has 1 aromatic heterocycles. The molecule has 1 aromatic carbocycles. The highest BCUT2D eigenvalue weighted by atomic mass is 16.5. The molecule has 1 aliphatic carbocycles. The SMILES string of the molecule is Cc1nc(-c2cccc3c2CCC32CCNC2)no1. The van der Waals surface area contributed by atoms with Crippen LogP contribution in [0.2, 0.25) is 0 Å². The van der Waals surface area contributed by atoms with E-state index in [0.29, 0.717) is 11.3 Å². The monoisotopic (exact) mass is 255 g/mol. The van der Waals surface area contributed by atoms with E-state index in [4.69, 9.17) is 4.52 Å². The van der Waals surface area contributed by atoms with Crippen LogP contribution in [-0.4, -0.2) is 23.2 Å². The lowest BCUT2D eigenvalue weighted by Gasteiger charge is -2.23. The van der Waals surface area contributed by atoms with Crippen molar-refractivity contribution >= 4 is 0 Å². The van der Waals surface area contributed by atoms with Crippen molar-refractivity contribution < 1.29 is 4.52 Å². The summed E-state index contributed by atoms with van der Waals surface area (Å²) in [4.78, 5) is 4.38. The maximum absolute atomic E-state index is 5.12. The number of aromatic nitrogens is 2.